The molecule has 4 heteroatoms. The van der Waals surface area contributed by atoms with Crippen molar-refractivity contribution in [2.24, 2.45) is 11.8 Å². The van der Waals surface area contributed by atoms with Crippen LogP contribution in [0.5, 0.6) is 0 Å². The van der Waals surface area contributed by atoms with Gasteiger partial charge in [-0.1, -0.05) is 34.5 Å². The molecule has 2 nitrogen and oxygen atoms in total. The minimum Gasteiger partial charge on any atom is -0.362 e. The number of hydrogen-bond donors (Lipinski definition) is 0. The van der Waals surface area contributed by atoms with Crippen molar-refractivity contribution in [1.82, 2.24) is 9.80 Å². The van der Waals surface area contributed by atoms with Gasteiger partial charge in [0, 0.05) is 19.6 Å². The first-order valence-electron chi connectivity index (χ1n) is 8.88. The Hall–Kier alpha value is 0.200. The van der Waals surface area contributed by atoms with Crippen molar-refractivity contribution >= 4 is 31.9 Å². The van der Waals surface area contributed by atoms with E-state index in [1.54, 1.807) is 0 Å². The number of halogens is 2. The van der Waals surface area contributed by atoms with Gasteiger partial charge in [-0.05, 0) is 78.9 Å². The molecule has 0 N–H and O–H groups in total. The minimum absolute atomic E-state index is 0.630. The number of alkyl halides is 1. The zero-order valence-electron chi connectivity index (χ0n) is 13.4. The van der Waals surface area contributed by atoms with Gasteiger partial charge in [0.25, 0.3) is 0 Å². The SMILES string of the molecule is BrC1=CC=CCN1CC1CCCC(CN2CCCCC2Br)C1. The summed E-state index contributed by atoms with van der Waals surface area (Å²) in [6, 6.07) is 0. The summed E-state index contributed by atoms with van der Waals surface area (Å²) >= 11 is 7.59. The van der Waals surface area contributed by atoms with E-state index in [0.717, 1.165) is 18.4 Å². The molecule has 1 saturated carbocycles. The molecule has 1 saturated heterocycles. The van der Waals surface area contributed by atoms with Crippen molar-refractivity contribution in [3.63, 3.8) is 0 Å². The molecule has 124 valence electrons. The fraction of sp³-hybridized carbons (Fsp3) is 0.778. The lowest BCUT2D eigenvalue weighted by Crippen LogP contribution is -2.41. The highest BCUT2D eigenvalue weighted by molar-refractivity contribution is 9.11. The van der Waals surface area contributed by atoms with Crippen molar-refractivity contribution in [3.8, 4) is 0 Å². The van der Waals surface area contributed by atoms with E-state index in [9.17, 15) is 0 Å². The van der Waals surface area contributed by atoms with E-state index in [2.05, 4.69) is 59.9 Å². The maximum Gasteiger partial charge on any atom is 0.0808 e. The van der Waals surface area contributed by atoms with Gasteiger partial charge >= 0.3 is 0 Å². The Labute approximate surface area is 152 Å². The Bertz CT molecular complexity index is 421. The smallest absolute Gasteiger partial charge is 0.0808 e. The third-order valence-corrected chi connectivity index (χ3v) is 7.20. The van der Waals surface area contributed by atoms with Gasteiger partial charge in [0.2, 0.25) is 0 Å². The second-order valence-corrected chi connectivity index (χ2v) is 9.02. The third-order valence-electron chi connectivity index (χ3n) is 5.39. The van der Waals surface area contributed by atoms with Crippen LogP contribution in [0.3, 0.4) is 0 Å². The van der Waals surface area contributed by atoms with Gasteiger partial charge in [-0.3, -0.25) is 4.90 Å². The molecule has 1 aliphatic carbocycles. The molecule has 22 heavy (non-hydrogen) atoms. The van der Waals surface area contributed by atoms with Gasteiger partial charge < -0.3 is 4.90 Å². The van der Waals surface area contributed by atoms with E-state index in [1.165, 1.54) is 69.2 Å². The van der Waals surface area contributed by atoms with Gasteiger partial charge in [0.15, 0.2) is 0 Å². The molecule has 0 amide bonds. The highest BCUT2D eigenvalue weighted by Gasteiger charge is 2.28. The first kappa shape index (κ1) is 17.0. The molecule has 0 radical (unpaired) electrons. The van der Waals surface area contributed by atoms with Gasteiger partial charge in [-0.2, -0.15) is 0 Å². The van der Waals surface area contributed by atoms with Crippen molar-refractivity contribution < 1.29 is 0 Å². The van der Waals surface area contributed by atoms with E-state index in [-0.39, 0.29) is 0 Å². The number of rotatable bonds is 4. The van der Waals surface area contributed by atoms with Crippen molar-refractivity contribution in [3.05, 3.63) is 22.8 Å². The molecule has 0 aromatic carbocycles. The normalized spacial score (nSPS) is 33.8. The molecule has 2 heterocycles. The maximum atomic E-state index is 3.88. The molecule has 0 aromatic heterocycles. The highest BCUT2D eigenvalue weighted by Crippen LogP contribution is 2.33. The number of piperidine rings is 1. The van der Waals surface area contributed by atoms with Crippen LogP contribution in [0.2, 0.25) is 0 Å². The van der Waals surface area contributed by atoms with Gasteiger partial charge in [0.1, 0.15) is 0 Å². The lowest BCUT2D eigenvalue weighted by atomic mass is 9.80. The van der Waals surface area contributed by atoms with E-state index in [1.807, 2.05) is 0 Å². The predicted molar refractivity (Wildman–Crippen MR) is 101 cm³/mol. The standard InChI is InChI=1S/C18H28Br2N2/c19-17-8-1-3-10-21(17)13-15-6-5-7-16(12-15)14-22-11-4-2-9-18(22)20/h1,3,8,15-16,18H,2,4-7,9-14H2. The molecule has 0 bridgehead atoms. The third kappa shape index (κ3) is 4.61. The summed E-state index contributed by atoms with van der Waals surface area (Å²) < 4.78 is 1.26. The first-order chi connectivity index (χ1) is 10.7. The van der Waals surface area contributed by atoms with E-state index >= 15 is 0 Å². The largest absolute Gasteiger partial charge is 0.362 e. The summed E-state index contributed by atoms with van der Waals surface area (Å²) in [6.45, 7) is 4.88. The molecular formula is C18H28Br2N2. The van der Waals surface area contributed by atoms with Crippen molar-refractivity contribution in [1.29, 1.82) is 0 Å². The second kappa shape index (κ2) is 8.34. The molecule has 2 fully saturated rings. The zero-order chi connectivity index (χ0) is 15.4. The topological polar surface area (TPSA) is 6.48 Å². The Morgan fingerprint density at radius 1 is 1.05 bits per heavy atom. The summed E-state index contributed by atoms with van der Waals surface area (Å²) in [4.78, 5) is 5.81. The Morgan fingerprint density at radius 2 is 1.86 bits per heavy atom. The molecule has 0 spiro atoms. The molecular weight excluding hydrogens is 404 g/mol. The second-order valence-electron chi connectivity index (χ2n) is 7.15. The molecule has 0 aromatic rings. The van der Waals surface area contributed by atoms with Crippen LogP contribution in [-0.2, 0) is 0 Å². The van der Waals surface area contributed by atoms with Crippen LogP contribution in [0.25, 0.3) is 0 Å². The Kier molecular flexibility index (Phi) is 6.46. The van der Waals surface area contributed by atoms with Crippen LogP contribution in [0.15, 0.2) is 22.8 Å². The Balaban J connectivity index is 1.49. The monoisotopic (exact) mass is 430 g/mol. The molecule has 2 aliphatic heterocycles. The van der Waals surface area contributed by atoms with Crippen LogP contribution in [0.1, 0.15) is 44.9 Å². The van der Waals surface area contributed by atoms with Crippen LogP contribution in [-0.4, -0.2) is 40.9 Å². The highest BCUT2D eigenvalue weighted by atomic mass is 79.9. The summed E-state index contributed by atoms with van der Waals surface area (Å²) in [5.41, 5.74) is 0. The molecule has 3 aliphatic rings. The predicted octanol–water partition coefficient (Wildman–Crippen LogP) is 5.11. The summed E-state index contributed by atoms with van der Waals surface area (Å²) in [7, 11) is 0. The van der Waals surface area contributed by atoms with Gasteiger partial charge in [-0.15, -0.1) is 0 Å². The van der Waals surface area contributed by atoms with Crippen molar-refractivity contribution in [2.45, 2.75) is 49.9 Å². The summed E-state index contributed by atoms with van der Waals surface area (Å²) in [6.07, 6.45) is 16.4. The lowest BCUT2D eigenvalue weighted by molar-refractivity contribution is 0.134. The summed E-state index contributed by atoms with van der Waals surface area (Å²) in [5, 5.41) is 0. The number of likely N-dealkylation sites (tertiary alicyclic amines) is 1. The van der Waals surface area contributed by atoms with E-state index < -0.39 is 0 Å². The summed E-state index contributed by atoms with van der Waals surface area (Å²) in [5.74, 6) is 1.77. The van der Waals surface area contributed by atoms with Crippen molar-refractivity contribution in [2.75, 3.05) is 26.2 Å². The maximum absolute atomic E-state index is 3.88. The van der Waals surface area contributed by atoms with E-state index in [0.29, 0.717) is 4.95 Å². The number of allylic oxidation sites excluding steroid dienone is 2. The molecule has 3 unspecified atom stereocenters. The average molecular weight is 432 g/mol. The molecule has 3 atom stereocenters. The first-order valence-corrected chi connectivity index (χ1v) is 10.6. The van der Waals surface area contributed by atoms with Crippen LogP contribution in [0.4, 0.5) is 0 Å². The number of hydrogen-bond acceptors (Lipinski definition) is 2. The van der Waals surface area contributed by atoms with Gasteiger partial charge in [0.05, 0.1) is 9.56 Å². The quantitative estimate of drug-likeness (QED) is 0.450. The lowest BCUT2D eigenvalue weighted by Gasteiger charge is -2.39. The minimum atomic E-state index is 0.630. The number of nitrogens with zero attached hydrogens (tertiary/aromatic N) is 2. The van der Waals surface area contributed by atoms with Crippen LogP contribution in [0, 0.1) is 11.8 Å². The average Bonchev–Trinajstić information content (AvgIpc) is 2.52. The fourth-order valence-corrected chi connectivity index (χ4v) is 5.36. The molecule has 3 rings (SSSR count). The van der Waals surface area contributed by atoms with Crippen LogP contribution >= 0.6 is 31.9 Å². The van der Waals surface area contributed by atoms with Crippen LogP contribution < -0.4 is 0 Å². The Morgan fingerprint density at radius 3 is 2.64 bits per heavy atom. The zero-order valence-corrected chi connectivity index (χ0v) is 16.6. The van der Waals surface area contributed by atoms with E-state index in [4.69, 9.17) is 0 Å². The fourth-order valence-electron chi connectivity index (χ4n) is 4.22. The van der Waals surface area contributed by atoms with Gasteiger partial charge in [-0.25, -0.2) is 0 Å².